The molecule has 1 aromatic carbocycles. The van der Waals surface area contributed by atoms with Gasteiger partial charge in [-0.15, -0.1) is 0 Å². The fourth-order valence-corrected chi connectivity index (χ4v) is 1.56. The van der Waals surface area contributed by atoms with Gasteiger partial charge in [0.2, 0.25) is 5.95 Å². The highest BCUT2D eigenvalue weighted by molar-refractivity contribution is 5.93. The molecular formula is C13H14N4O. The van der Waals surface area contributed by atoms with Crippen LogP contribution in [0.15, 0.2) is 36.4 Å². The number of hydrogen-bond donors (Lipinski definition) is 2. The Morgan fingerprint density at radius 1 is 1.11 bits per heavy atom. The first-order valence-electron chi connectivity index (χ1n) is 5.59. The van der Waals surface area contributed by atoms with Crippen molar-refractivity contribution >= 4 is 11.9 Å². The number of benzene rings is 1. The summed E-state index contributed by atoms with van der Waals surface area (Å²) in [5.74, 6) is 0.195. The van der Waals surface area contributed by atoms with Crippen molar-refractivity contribution < 1.29 is 4.79 Å². The predicted octanol–water partition coefficient (Wildman–Crippen LogP) is 1.54. The molecule has 2 rings (SSSR count). The van der Waals surface area contributed by atoms with E-state index in [-0.39, 0.29) is 5.91 Å². The molecule has 2 aromatic rings. The van der Waals surface area contributed by atoms with Gasteiger partial charge in [0, 0.05) is 19.7 Å². The van der Waals surface area contributed by atoms with Gasteiger partial charge in [-0.2, -0.15) is 0 Å². The number of amides is 1. The lowest BCUT2D eigenvalue weighted by molar-refractivity contribution is 0.0958. The molecular weight excluding hydrogens is 228 g/mol. The zero-order valence-corrected chi connectivity index (χ0v) is 10.3. The summed E-state index contributed by atoms with van der Waals surface area (Å²) in [6, 6.07) is 11.3. The SMILES string of the molecule is CNC(=O)c1cc(-c2ccccc2)nc(NC)n1. The molecule has 0 atom stereocenters. The standard InChI is InChI=1S/C13H14N4O/c1-14-12(18)11-8-10(16-13(15-2)17-11)9-6-4-3-5-7-9/h3-8H,1-2H3,(H,14,18)(H,15,16,17). The van der Waals surface area contributed by atoms with E-state index in [1.807, 2.05) is 30.3 Å². The topological polar surface area (TPSA) is 66.9 Å². The summed E-state index contributed by atoms with van der Waals surface area (Å²) in [7, 11) is 3.30. The van der Waals surface area contributed by atoms with Crippen molar-refractivity contribution in [3.05, 3.63) is 42.1 Å². The summed E-state index contributed by atoms with van der Waals surface area (Å²) in [6.07, 6.45) is 0. The molecule has 1 amide bonds. The van der Waals surface area contributed by atoms with E-state index in [1.54, 1.807) is 20.2 Å². The number of carbonyl (C=O) groups excluding carboxylic acids is 1. The smallest absolute Gasteiger partial charge is 0.269 e. The number of aromatic nitrogens is 2. The second kappa shape index (κ2) is 5.27. The van der Waals surface area contributed by atoms with E-state index in [9.17, 15) is 4.79 Å². The van der Waals surface area contributed by atoms with E-state index in [4.69, 9.17) is 0 Å². The number of nitrogens with zero attached hydrogens (tertiary/aromatic N) is 2. The third-order valence-corrected chi connectivity index (χ3v) is 2.48. The Bertz CT molecular complexity index is 554. The van der Waals surface area contributed by atoms with Crippen LogP contribution in [0.5, 0.6) is 0 Å². The Balaban J connectivity index is 2.51. The molecule has 0 saturated carbocycles. The van der Waals surface area contributed by atoms with Crippen molar-refractivity contribution in [2.75, 3.05) is 19.4 Å². The van der Waals surface area contributed by atoms with Crippen LogP contribution in [-0.2, 0) is 0 Å². The average Bonchev–Trinajstić information content (AvgIpc) is 2.46. The lowest BCUT2D eigenvalue weighted by Crippen LogP contribution is -2.20. The zero-order valence-electron chi connectivity index (χ0n) is 10.3. The van der Waals surface area contributed by atoms with Crippen LogP contribution >= 0.6 is 0 Å². The van der Waals surface area contributed by atoms with Crippen LogP contribution in [0.1, 0.15) is 10.5 Å². The largest absolute Gasteiger partial charge is 0.357 e. The lowest BCUT2D eigenvalue weighted by Gasteiger charge is -2.07. The minimum atomic E-state index is -0.230. The number of rotatable bonds is 3. The molecule has 0 saturated heterocycles. The van der Waals surface area contributed by atoms with Gasteiger partial charge in [-0.3, -0.25) is 4.79 Å². The molecule has 0 radical (unpaired) electrons. The van der Waals surface area contributed by atoms with Crippen molar-refractivity contribution in [2.45, 2.75) is 0 Å². The first-order valence-corrected chi connectivity index (χ1v) is 5.59. The maximum absolute atomic E-state index is 11.6. The van der Waals surface area contributed by atoms with Crippen LogP contribution < -0.4 is 10.6 Å². The fraction of sp³-hybridized carbons (Fsp3) is 0.154. The van der Waals surface area contributed by atoms with E-state index in [0.717, 1.165) is 5.56 Å². The van der Waals surface area contributed by atoms with Gasteiger partial charge in [-0.1, -0.05) is 30.3 Å². The van der Waals surface area contributed by atoms with Crippen molar-refractivity contribution in [1.82, 2.24) is 15.3 Å². The molecule has 0 unspecified atom stereocenters. The Morgan fingerprint density at radius 2 is 1.83 bits per heavy atom. The maximum Gasteiger partial charge on any atom is 0.269 e. The highest BCUT2D eigenvalue weighted by atomic mass is 16.1. The van der Waals surface area contributed by atoms with Gasteiger partial charge in [0.1, 0.15) is 5.69 Å². The van der Waals surface area contributed by atoms with Gasteiger partial charge in [0.05, 0.1) is 5.69 Å². The van der Waals surface area contributed by atoms with Crippen LogP contribution in [0, 0.1) is 0 Å². The highest BCUT2D eigenvalue weighted by Gasteiger charge is 2.10. The van der Waals surface area contributed by atoms with E-state index in [1.165, 1.54) is 0 Å². The van der Waals surface area contributed by atoms with Crippen molar-refractivity contribution in [3.8, 4) is 11.3 Å². The Labute approximate surface area is 105 Å². The van der Waals surface area contributed by atoms with Crippen LogP contribution in [-0.4, -0.2) is 30.0 Å². The van der Waals surface area contributed by atoms with Crippen molar-refractivity contribution in [2.24, 2.45) is 0 Å². The van der Waals surface area contributed by atoms with Crippen LogP contribution in [0.4, 0.5) is 5.95 Å². The first-order chi connectivity index (χ1) is 8.74. The molecule has 5 nitrogen and oxygen atoms in total. The minimum Gasteiger partial charge on any atom is -0.357 e. The Kier molecular flexibility index (Phi) is 3.52. The van der Waals surface area contributed by atoms with E-state index < -0.39 is 0 Å². The molecule has 0 aliphatic carbocycles. The molecule has 0 aliphatic rings. The van der Waals surface area contributed by atoms with Crippen LogP contribution in [0.25, 0.3) is 11.3 Å². The van der Waals surface area contributed by atoms with Gasteiger partial charge in [-0.25, -0.2) is 9.97 Å². The number of carbonyl (C=O) groups is 1. The Morgan fingerprint density at radius 3 is 2.44 bits per heavy atom. The van der Waals surface area contributed by atoms with E-state index >= 15 is 0 Å². The van der Waals surface area contributed by atoms with Gasteiger partial charge < -0.3 is 10.6 Å². The normalized spacial score (nSPS) is 9.89. The summed E-state index contributed by atoms with van der Waals surface area (Å²) >= 11 is 0. The molecule has 0 spiro atoms. The summed E-state index contributed by atoms with van der Waals surface area (Å²) in [5, 5.41) is 5.41. The average molecular weight is 242 g/mol. The zero-order chi connectivity index (χ0) is 13.0. The van der Waals surface area contributed by atoms with Crippen molar-refractivity contribution in [1.29, 1.82) is 0 Å². The highest BCUT2D eigenvalue weighted by Crippen LogP contribution is 2.18. The van der Waals surface area contributed by atoms with Gasteiger partial charge in [0.15, 0.2) is 0 Å². The molecule has 0 fully saturated rings. The molecule has 92 valence electrons. The van der Waals surface area contributed by atoms with Crippen LogP contribution in [0.3, 0.4) is 0 Å². The second-order valence-electron chi connectivity index (χ2n) is 3.66. The molecule has 5 heteroatoms. The molecule has 0 aliphatic heterocycles. The third kappa shape index (κ3) is 2.45. The lowest BCUT2D eigenvalue weighted by atomic mass is 10.1. The summed E-state index contributed by atoms with van der Waals surface area (Å²) in [6.45, 7) is 0. The molecule has 1 heterocycles. The first kappa shape index (κ1) is 12.0. The predicted molar refractivity (Wildman–Crippen MR) is 70.4 cm³/mol. The maximum atomic E-state index is 11.6. The minimum absolute atomic E-state index is 0.230. The van der Waals surface area contributed by atoms with Gasteiger partial charge in [-0.05, 0) is 6.07 Å². The molecule has 2 N–H and O–H groups in total. The summed E-state index contributed by atoms with van der Waals surface area (Å²) < 4.78 is 0. The van der Waals surface area contributed by atoms with Crippen LogP contribution in [0.2, 0.25) is 0 Å². The quantitative estimate of drug-likeness (QED) is 0.856. The van der Waals surface area contributed by atoms with E-state index in [2.05, 4.69) is 20.6 Å². The molecule has 1 aromatic heterocycles. The monoisotopic (exact) mass is 242 g/mol. The second-order valence-corrected chi connectivity index (χ2v) is 3.66. The molecule has 0 bridgehead atoms. The third-order valence-electron chi connectivity index (χ3n) is 2.48. The van der Waals surface area contributed by atoms with Gasteiger partial charge in [0.25, 0.3) is 5.91 Å². The Hall–Kier alpha value is -2.43. The van der Waals surface area contributed by atoms with E-state index in [0.29, 0.717) is 17.3 Å². The van der Waals surface area contributed by atoms with Crippen molar-refractivity contribution in [3.63, 3.8) is 0 Å². The summed E-state index contributed by atoms with van der Waals surface area (Å²) in [5.41, 5.74) is 2.01. The fourth-order valence-electron chi connectivity index (χ4n) is 1.56. The number of nitrogens with one attached hydrogen (secondary N) is 2. The molecule has 18 heavy (non-hydrogen) atoms. The van der Waals surface area contributed by atoms with Gasteiger partial charge >= 0.3 is 0 Å². The summed E-state index contributed by atoms with van der Waals surface area (Å²) in [4.78, 5) is 20.1. The number of hydrogen-bond acceptors (Lipinski definition) is 4. The number of anilines is 1.